The third kappa shape index (κ3) is 8.21. The molecule has 0 bridgehead atoms. The Bertz CT molecular complexity index is 1400. The maximum atomic E-state index is 10.8. The van der Waals surface area contributed by atoms with Crippen LogP contribution in [0.4, 0.5) is 0 Å². The number of oxime groups is 1. The SMILES string of the molecule is C=CCOC12Oc3ccc(O)cc3C3C(CCCCO)C(CCCCO)C=C(C(=NOC(C)(C)C)CC1SCCc1cnccn1)C32. The van der Waals surface area contributed by atoms with Crippen LogP contribution in [0.2, 0.25) is 0 Å². The number of benzene rings is 1. The van der Waals surface area contributed by atoms with Crippen molar-refractivity contribution in [3.63, 3.8) is 0 Å². The first-order valence-electron chi connectivity index (χ1n) is 17.0. The molecule has 1 fully saturated rings. The third-order valence-corrected chi connectivity index (χ3v) is 10.7. The molecule has 9 nitrogen and oxygen atoms in total. The van der Waals surface area contributed by atoms with E-state index >= 15 is 0 Å². The van der Waals surface area contributed by atoms with Crippen molar-refractivity contribution in [3.8, 4) is 11.5 Å². The van der Waals surface area contributed by atoms with Gasteiger partial charge in [0.25, 0.3) is 0 Å². The van der Waals surface area contributed by atoms with E-state index in [1.54, 1.807) is 42.5 Å². The Hall–Kier alpha value is -2.92. The van der Waals surface area contributed by atoms with E-state index in [4.69, 9.17) is 19.5 Å². The molecule has 3 aliphatic rings. The summed E-state index contributed by atoms with van der Waals surface area (Å²) < 4.78 is 14.0. The summed E-state index contributed by atoms with van der Waals surface area (Å²) in [5.41, 5.74) is 3.41. The van der Waals surface area contributed by atoms with E-state index in [0.29, 0.717) is 13.0 Å². The minimum absolute atomic E-state index is 0.0447. The summed E-state index contributed by atoms with van der Waals surface area (Å²) >= 11 is 1.80. The number of phenolic OH excluding ortho intramolecular Hbond substituents is 1. The zero-order valence-corrected chi connectivity index (χ0v) is 28.8. The molecule has 0 spiro atoms. The van der Waals surface area contributed by atoms with Crippen LogP contribution in [0.15, 0.2) is 66.2 Å². The summed E-state index contributed by atoms with van der Waals surface area (Å²) in [4.78, 5) is 14.9. The molecule has 1 aliphatic heterocycles. The molecule has 2 aromatic rings. The van der Waals surface area contributed by atoms with Crippen LogP contribution in [-0.4, -0.2) is 73.2 Å². The van der Waals surface area contributed by atoms with Gasteiger partial charge in [0.1, 0.15) is 17.1 Å². The lowest BCUT2D eigenvalue weighted by Gasteiger charge is -2.58. The first kappa shape index (κ1) is 35.4. The van der Waals surface area contributed by atoms with E-state index in [0.717, 1.165) is 79.0 Å². The molecule has 1 aromatic carbocycles. The van der Waals surface area contributed by atoms with Crippen molar-refractivity contribution >= 4 is 17.5 Å². The molecule has 5 rings (SSSR count). The van der Waals surface area contributed by atoms with E-state index in [1.165, 1.54) is 0 Å². The fraction of sp³-hybridized carbons (Fsp3) is 0.595. The predicted molar refractivity (Wildman–Crippen MR) is 186 cm³/mol. The van der Waals surface area contributed by atoms with Crippen molar-refractivity contribution in [3.05, 3.63) is 72.4 Å². The van der Waals surface area contributed by atoms with Gasteiger partial charge in [-0.25, -0.2) is 0 Å². The van der Waals surface area contributed by atoms with E-state index < -0.39 is 11.4 Å². The van der Waals surface area contributed by atoms with Crippen LogP contribution in [0.25, 0.3) is 0 Å². The van der Waals surface area contributed by atoms with Crippen molar-refractivity contribution in [2.45, 2.75) is 94.7 Å². The molecule has 1 aromatic heterocycles. The zero-order valence-electron chi connectivity index (χ0n) is 28.0. The van der Waals surface area contributed by atoms with Crippen LogP contribution in [-0.2, 0) is 16.0 Å². The number of unbranched alkanes of at least 4 members (excludes halogenated alkanes) is 2. The summed E-state index contributed by atoms with van der Waals surface area (Å²) in [5, 5.41) is 34.9. The van der Waals surface area contributed by atoms with Crippen molar-refractivity contribution < 1.29 is 29.6 Å². The van der Waals surface area contributed by atoms with Crippen molar-refractivity contribution in [1.29, 1.82) is 0 Å². The topological polar surface area (TPSA) is 127 Å². The molecule has 10 heteroatoms. The number of aromatic hydroxyl groups is 1. The molecule has 256 valence electrons. The Morgan fingerprint density at radius 2 is 1.91 bits per heavy atom. The van der Waals surface area contributed by atoms with Crippen LogP contribution in [0.5, 0.6) is 11.5 Å². The predicted octanol–water partition coefficient (Wildman–Crippen LogP) is 6.59. The molecular weight excluding hydrogens is 614 g/mol. The number of allylic oxidation sites excluding steroid dienone is 1. The number of hydrogen-bond acceptors (Lipinski definition) is 10. The molecule has 47 heavy (non-hydrogen) atoms. The summed E-state index contributed by atoms with van der Waals surface area (Å²) in [5.74, 6) is 0.786. The number of aromatic nitrogens is 2. The van der Waals surface area contributed by atoms with Gasteiger partial charge in [-0.05, 0) is 87.8 Å². The first-order chi connectivity index (χ1) is 22.7. The summed E-state index contributed by atoms with van der Waals surface area (Å²) in [7, 11) is 0. The van der Waals surface area contributed by atoms with Crippen LogP contribution in [0.3, 0.4) is 0 Å². The summed E-state index contributed by atoms with van der Waals surface area (Å²) in [6.07, 6.45) is 15.7. The van der Waals surface area contributed by atoms with Crippen molar-refractivity contribution in [1.82, 2.24) is 9.97 Å². The van der Waals surface area contributed by atoms with Crippen molar-refractivity contribution in [2.75, 3.05) is 25.6 Å². The van der Waals surface area contributed by atoms with Crippen molar-refractivity contribution in [2.24, 2.45) is 22.9 Å². The average molecular weight is 666 g/mol. The van der Waals surface area contributed by atoms with Crippen LogP contribution >= 0.6 is 11.8 Å². The highest BCUT2D eigenvalue weighted by molar-refractivity contribution is 8.00. The van der Waals surface area contributed by atoms with Gasteiger partial charge in [0.2, 0.25) is 5.79 Å². The van der Waals surface area contributed by atoms with Crippen LogP contribution in [0, 0.1) is 17.8 Å². The lowest BCUT2D eigenvalue weighted by atomic mass is 9.56. The van der Waals surface area contributed by atoms with Gasteiger partial charge < -0.3 is 29.6 Å². The maximum absolute atomic E-state index is 10.8. The highest BCUT2D eigenvalue weighted by atomic mass is 32.2. The fourth-order valence-electron chi connectivity index (χ4n) is 7.44. The fourth-order valence-corrected chi connectivity index (χ4v) is 8.82. The third-order valence-electron chi connectivity index (χ3n) is 9.36. The zero-order chi connectivity index (χ0) is 33.4. The molecule has 6 unspecified atom stereocenters. The second-order valence-electron chi connectivity index (χ2n) is 13.8. The van der Waals surface area contributed by atoms with E-state index in [9.17, 15) is 15.3 Å². The van der Waals surface area contributed by atoms with Gasteiger partial charge in [-0.1, -0.05) is 30.1 Å². The van der Waals surface area contributed by atoms with Crippen LogP contribution in [0.1, 0.15) is 82.9 Å². The molecule has 0 saturated heterocycles. The van der Waals surface area contributed by atoms with Gasteiger partial charge in [0.05, 0.1) is 29.2 Å². The monoisotopic (exact) mass is 665 g/mol. The van der Waals surface area contributed by atoms with Gasteiger partial charge in [0.15, 0.2) is 0 Å². The minimum Gasteiger partial charge on any atom is -0.508 e. The second kappa shape index (κ2) is 16.0. The molecule has 0 radical (unpaired) electrons. The average Bonchev–Trinajstić information content (AvgIpc) is 3.05. The van der Waals surface area contributed by atoms with E-state index in [1.807, 2.05) is 32.9 Å². The summed E-state index contributed by atoms with van der Waals surface area (Å²) in [6.45, 7) is 10.6. The standard InChI is InChI=1S/C37H51N3O6S/c1-5-19-44-37-33(47-20-14-26-24-38-15-16-39-26)23-31(40-46-36(2,3)4)29-21-25(10-6-8-17-41)28(11-7-9-18-42)34(35(29)37)30-22-27(43)12-13-32(30)45-37/h5,12-13,15-16,21-22,24-25,28,33-35,41-43H,1,6-11,14,17-20,23H2,2-4H3. The molecule has 0 amide bonds. The number of thioether (sulfide) groups is 1. The molecular formula is C37H51N3O6S. The number of aliphatic hydroxyl groups is 2. The Kier molecular flexibility index (Phi) is 12.0. The number of aryl methyl sites for hydroxylation is 1. The Morgan fingerprint density at radius 1 is 1.13 bits per heavy atom. The molecule has 3 N–H and O–H groups in total. The van der Waals surface area contributed by atoms with Gasteiger partial charge in [0, 0.05) is 56.1 Å². The second-order valence-corrected chi connectivity index (χ2v) is 15.1. The number of phenols is 1. The highest BCUT2D eigenvalue weighted by Crippen LogP contribution is 2.62. The maximum Gasteiger partial charge on any atom is 0.230 e. The number of hydrogen-bond donors (Lipinski definition) is 3. The lowest BCUT2D eigenvalue weighted by Crippen LogP contribution is -2.64. The molecule has 6 atom stereocenters. The first-order valence-corrected chi connectivity index (χ1v) is 18.1. The highest BCUT2D eigenvalue weighted by Gasteiger charge is 2.64. The minimum atomic E-state index is -1.03. The lowest BCUT2D eigenvalue weighted by molar-refractivity contribution is -0.223. The Labute approximate surface area is 283 Å². The molecule has 2 heterocycles. The number of fused-ring (bicyclic) bond motifs is 2. The molecule has 1 saturated carbocycles. The Balaban J connectivity index is 1.67. The summed E-state index contributed by atoms with van der Waals surface area (Å²) in [6, 6.07) is 5.41. The quantitative estimate of drug-likeness (QED) is 0.103. The van der Waals surface area contributed by atoms with Gasteiger partial charge in [-0.2, -0.15) is 11.8 Å². The van der Waals surface area contributed by atoms with Gasteiger partial charge in [-0.15, -0.1) is 6.58 Å². The smallest absolute Gasteiger partial charge is 0.230 e. The number of nitrogens with zero attached hydrogens (tertiary/aromatic N) is 3. The largest absolute Gasteiger partial charge is 0.508 e. The Morgan fingerprint density at radius 3 is 2.62 bits per heavy atom. The molecule has 2 aliphatic carbocycles. The van der Waals surface area contributed by atoms with E-state index in [2.05, 4.69) is 22.6 Å². The number of rotatable bonds is 16. The normalized spacial score (nSPS) is 27.4. The van der Waals surface area contributed by atoms with Gasteiger partial charge >= 0.3 is 0 Å². The van der Waals surface area contributed by atoms with Gasteiger partial charge in [-0.3, -0.25) is 9.97 Å². The number of aliphatic hydroxyl groups excluding tert-OH is 2. The number of ether oxygens (including phenoxy) is 2. The van der Waals surface area contributed by atoms with Crippen LogP contribution < -0.4 is 4.74 Å². The van der Waals surface area contributed by atoms with E-state index in [-0.39, 0.29) is 47.9 Å².